The number of rotatable bonds is 3. The summed E-state index contributed by atoms with van der Waals surface area (Å²) in [5.74, 6) is -1.15. The molecule has 1 rings (SSSR count). The van der Waals surface area contributed by atoms with E-state index in [0.717, 1.165) is 6.20 Å². The van der Waals surface area contributed by atoms with E-state index >= 15 is 0 Å². The second-order valence-corrected chi connectivity index (χ2v) is 2.50. The van der Waals surface area contributed by atoms with Crippen molar-refractivity contribution in [3.63, 3.8) is 0 Å². The summed E-state index contributed by atoms with van der Waals surface area (Å²) >= 11 is 0. The van der Waals surface area contributed by atoms with Crippen LogP contribution in [0.3, 0.4) is 0 Å². The Balaban J connectivity index is 3.19. The lowest BCUT2D eigenvalue weighted by Gasteiger charge is -2.02. The quantitative estimate of drug-likeness (QED) is 0.417. The van der Waals surface area contributed by atoms with Crippen molar-refractivity contribution in [2.75, 3.05) is 14.2 Å². The van der Waals surface area contributed by atoms with Crippen LogP contribution in [0.5, 0.6) is 5.75 Å². The van der Waals surface area contributed by atoms with Crippen molar-refractivity contribution < 1.29 is 19.2 Å². The molecule has 0 bridgehead atoms. The van der Waals surface area contributed by atoms with Crippen molar-refractivity contribution in [2.45, 2.75) is 0 Å². The van der Waals surface area contributed by atoms with Crippen molar-refractivity contribution in [1.82, 2.24) is 4.98 Å². The van der Waals surface area contributed by atoms with Gasteiger partial charge in [-0.05, 0) is 9.91 Å². The van der Waals surface area contributed by atoms with Gasteiger partial charge in [0.15, 0.2) is 6.20 Å². The fourth-order valence-corrected chi connectivity index (χ4v) is 0.954. The summed E-state index contributed by atoms with van der Waals surface area (Å²) < 4.78 is 9.16. The maximum atomic E-state index is 11.1. The van der Waals surface area contributed by atoms with Gasteiger partial charge in [0, 0.05) is 6.07 Å². The molecule has 0 radical (unpaired) electrons. The lowest BCUT2D eigenvalue weighted by Crippen LogP contribution is -2.04. The van der Waals surface area contributed by atoms with Crippen molar-refractivity contribution in [3.05, 3.63) is 27.9 Å². The van der Waals surface area contributed by atoms with Gasteiger partial charge in [-0.3, -0.25) is 0 Å². The molecule has 1 aromatic heterocycles. The first-order valence-corrected chi connectivity index (χ1v) is 3.87. The summed E-state index contributed by atoms with van der Waals surface area (Å²) in [5, 5.41) is 10.5. The summed E-state index contributed by atoms with van der Waals surface area (Å²) in [4.78, 5) is 24.4. The summed E-state index contributed by atoms with van der Waals surface area (Å²) in [6.45, 7) is 0. The molecule has 1 aromatic rings. The Morgan fingerprint density at radius 1 is 1.53 bits per heavy atom. The van der Waals surface area contributed by atoms with Crippen LogP contribution in [0.25, 0.3) is 0 Å². The number of carbonyl (C=O) groups excluding carboxylic acids is 1. The van der Waals surface area contributed by atoms with Crippen LogP contribution in [0.2, 0.25) is 0 Å². The van der Waals surface area contributed by atoms with Gasteiger partial charge in [-0.2, -0.15) is 0 Å². The molecule has 80 valence electrons. The number of nitrogens with zero attached hydrogens (tertiary/aromatic N) is 2. The lowest BCUT2D eigenvalue weighted by atomic mass is 10.2. The molecule has 0 aromatic carbocycles. The standard InChI is InChI=1S/C8H8N2O5/c1-14-6-3-5(8(11)15-2)4-9-7(6)10(12)13/h3-4H,1-2H3. The molecule has 0 atom stereocenters. The van der Waals surface area contributed by atoms with E-state index in [9.17, 15) is 14.9 Å². The van der Waals surface area contributed by atoms with Crippen molar-refractivity contribution >= 4 is 11.8 Å². The van der Waals surface area contributed by atoms with Crippen molar-refractivity contribution in [2.24, 2.45) is 0 Å². The van der Waals surface area contributed by atoms with E-state index in [1.165, 1.54) is 20.3 Å². The summed E-state index contributed by atoms with van der Waals surface area (Å²) in [6.07, 6.45) is 1.06. The third-order valence-electron chi connectivity index (χ3n) is 1.65. The summed E-state index contributed by atoms with van der Waals surface area (Å²) in [7, 11) is 2.46. The molecule has 0 aliphatic rings. The van der Waals surface area contributed by atoms with Gasteiger partial charge in [0.2, 0.25) is 5.75 Å². The molecule has 15 heavy (non-hydrogen) atoms. The molecule has 0 fully saturated rings. The fraction of sp³-hybridized carbons (Fsp3) is 0.250. The van der Waals surface area contributed by atoms with Gasteiger partial charge in [0.25, 0.3) is 0 Å². The molecule has 0 spiro atoms. The monoisotopic (exact) mass is 212 g/mol. The molecule has 0 saturated heterocycles. The Hall–Kier alpha value is -2.18. The first kappa shape index (κ1) is 10.9. The van der Waals surface area contributed by atoms with Gasteiger partial charge < -0.3 is 19.6 Å². The second kappa shape index (κ2) is 4.36. The first-order valence-electron chi connectivity index (χ1n) is 3.87. The first-order chi connectivity index (χ1) is 7.10. The zero-order valence-corrected chi connectivity index (χ0v) is 8.09. The Morgan fingerprint density at radius 2 is 2.20 bits per heavy atom. The van der Waals surface area contributed by atoms with E-state index in [4.69, 9.17) is 4.74 Å². The third kappa shape index (κ3) is 2.19. The minimum Gasteiger partial charge on any atom is -0.489 e. The zero-order chi connectivity index (χ0) is 11.4. The topological polar surface area (TPSA) is 91.6 Å². The van der Waals surface area contributed by atoms with Gasteiger partial charge in [0.05, 0.1) is 14.2 Å². The highest BCUT2D eigenvalue weighted by molar-refractivity contribution is 5.89. The Bertz CT molecular complexity index is 404. The van der Waals surface area contributed by atoms with Gasteiger partial charge >= 0.3 is 11.8 Å². The van der Waals surface area contributed by atoms with Crippen molar-refractivity contribution in [1.29, 1.82) is 0 Å². The molecule has 1 heterocycles. The predicted octanol–water partition coefficient (Wildman–Crippen LogP) is 0.785. The molecule has 0 N–H and O–H groups in total. The van der Waals surface area contributed by atoms with Crippen LogP contribution in [-0.4, -0.2) is 30.1 Å². The SMILES string of the molecule is COC(=O)c1cnc([N+](=O)[O-])c(OC)c1. The molecular formula is C8H8N2O5. The van der Waals surface area contributed by atoms with Crippen LogP contribution in [0, 0.1) is 10.1 Å². The maximum absolute atomic E-state index is 11.1. The van der Waals surface area contributed by atoms with Crippen molar-refractivity contribution in [3.8, 4) is 5.75 Å². The molecular weight excluding hydrogens is 204 g/mol. The van der Waals surface area contributed by atoms with E-state index in [-0.39, 0.29) is 11.3 Å². The minimum atomic E-state index is -0.695. The highest BCUT2D eigenvalue weighted by atomic mass is 16.6. The zero-order valence-electron chi connectivity index (χ0n) is 8.09. The van der Waals surface area contributed by atoms with Crippen LogP contribution < -0.4 is 4.74 Å². The number of nitro groups is 1. The highest BCUT2D eigenvalue weighted by Gasteiger charge is 2.19. The fourth-order valence-electron chi connectivity index (χ4n) is 0.954. The smallest absolute Gasteiger partial charge is 0.406 e. The number of pyridine rings is 1. The van der Waals surface area contributed by atoms with Gasteiger partial charge in [-0.25, -0.2) is 4.79 Å². The number of carbonyl (C=O) groups is 1. The van der Waals surface area contributed by atoms with E-state index in [1.54, 1.807) is 0 Å². The normalized spacial score (nSPS) is 9.47. The van der Waals surface area contributed by atoms with E-state index in [0.29, 0.717) is 0 Å². The lowest BCUT2D eigenvalue weighted by molar-refractivity contribution is -0.390. The highest BCUT2D eigenvalue weighted by Crippen LogP contribution is 2.24. The summed E-state index contributed by atoms with van der Waals surface area (Å²) in [6, 6.07) is 1.21. The minimum absolute atomic E-state index is 0.0806. The average Bonchev–Trinajstić information content (AvgIpc) is 2.26. The molecule has 7 heteroatoms. The van der Waals surface area contributed by atoms with Crippen LogP contribution in [0.1, 0.15) is 10.4 Å². The van der Waals surface area contributed by atoms with E-state index in [2.05, 4.69) is 9.72 Å². The summed E-state index contributed by atoms with van der Waals surface area (Å²) in [5.41, 5.74) is 0.0972. The Labute approximate surface area is 84.8 Å². The Morgan fingerprint density at radius 3 is 2.67 bits per heavy atom. The number of methoxy groups -OCH3 is 2. The second-order valence-electron chi connectivity index (χ2n) is 2.50. The van der Waals surface area contributed by atoms with E-state index in [1.807, 2.05) is 0 Å². The Kier molecular flexibility index (Phi) is 3.17. The number of ether oxygens (including phenoxy) is 2. The third-order valence-corrected chi connectivity index (χ3v) is 1.65. The van der Waals surface area contributed by atoms with Crippen LogP contribution in [0.15, 0.2) is 12.3 Å². The largest absolute Gasteiger partial charge is 0.489 e. The van der Waals surface area contributed by atoms with Crippen LogP contribution in [-0.2, 0) is 4.74 Å². The van der Waals surface area contributed by atoms with Gasteiger partial charge in [-0.15, -0.1) is 0 Å². The van der Waals surface area contributed by atoms with Gasteiger partial charge in [-0.1, -0.05) is 0 Å². The molecule has 0 unspecified atom stereocenters. The molecule has 0 aliphatic carbocycles. The predicted molar refractivity (Wildman–Crippen MR) is 48.8 cm³/mol. The maximum Gasteiger partial charge on any atom is 0.406 e. The molecule has 0 aliphatic heterocycles. The number of hydrogen-bond donors (Lipinski definition) is 0. The number of aromatic nitrogens is 1. The number of hydrogen-bond acceptors (Lipinski definition) is 6. The van der Waals surface area contributed by atoms with Gasteiger partial charge in [0.1, 0.15) is 5.56 Å². The van der Waals surface area contributed by atoms with E-state index < -0.39 is 16.7 Å². The van der Waals surface area contributed by atoms with Crippen LogP contribution in [0.4, 0.5) is 5.82 Å². The molecule has 0 amide bonds. The molecule has 0 saturated carbocycles. The molecule has 7 nitrogen and oxygen atoms in total. The van der Waals surface area contributed by atoms with Crippen LogP contribution >= 0.6 is 0 Å². The number of esters is 1. The average molecular weight is 212 g/mol.